The summed E-state index contributed by atoms with van der Waals surface area (Å²) in [5.41, 5.74) is 3.24. The van der Waals surface area contributed by atoms with Gasteiger partial charge in [0.05, 0.1) is 18.6 Å². The summed E-state index contributed by atoms with van der Waals surface area (Å²) < 4.78 is 31.8. The van der Waals surface area contributed by atoms with Crippen LogP contribution in [0.25, 0.3) is 0 Å². The van der Waals surface area contributed by atoms with Crippen LogP contribution in [-0.2, 0) is 16.1 Å². The number of carbonyl (C=O) groups excluding carboxylic acids is 4. The van der Waals surface area contributed by atoms with Crippen LogP contribution in [0.15, 0.2) is 78.9 Å². The molecule has 3 fully saturated rings. The van der Waals surface area contributed by atoms with E-state index < -0.39 is 42.3 Å². The summed E-state index contributed by atoms with van der Waals surface area (Å²) in [5, 5.41) is 2.27. The third-order valence-electron chi connectivity index (χ3n) is 10.0. The van der Waals surface area contributed by atoms with E-state index in [1.807, 2.05) is 41.3 Å². The number of imide groups is 1. The van der Waals surface area contributed by atoms with Gasteiger partial charge >= 0.3 is 0 Å². The second-order valence-electron chi connectivity index (χ2n) is 12.8. The maximum atomic E-state index is 15.9. The Bertz CT molecular complexity index is 1640. The summed E-state index contributed by atoms with van der Waals surface area (Å²) in [6.07, 6.45) is 0.443. The van der Waals surface area contributed by atoms with E-state index in [1.165, 1.54) is 20.9 Å². The predicted molar refractivity (Wildman–Crippen MR) is 170 cm³/mol. The zero-order valence-electron chi connectivity index (χ0n) is 26.0. The number of benzene rings is 3. The van der Waals surface area contributed by atoms with Gasteiger partial charge in [-0.3, -0.25) is 34.3 Å². The molecule has 4 amide bonds. The second kappa shape index (κ2) is 12.6. The van der Waals surface area contributed by atoms with Gasteiger partial charge in [0, 0.05) is 56.8 Å². The standard InChI is InChI=1S/C36H37F2N5O4/c37-36(38)23-42(34(46)26-12-7-13-27-28(26)22-43(35(27)47)29-14-15-31(44)39-33(29)45)17-16-30(36)40-18-20-41(21-19-40)32(24-8-3-1-4-9-24)25-10-5-2-6-11-25/h1-13,29-30,32H,14-23H2,(H,39,44,45). The minimum atomic E-state index is -3.12. The highest BCUT2D eigenvalue weighted by Crippen LogP contribution is 2.36. The van der Waals surface area contributed by atoms with Crippen LogP contribution in [-0.4, -0.2) is 101 Å². The first-order chi connectivity index (χ1) is 22.7. The summed E-state index contributed by atoms with van der Waals surface area (Å²) in [7, 11) is 0. The molecule has 3 aromatic rings. The summed E-state index contributed by atoms with van der Waals surface area (Å²) in [6.45, 7) is 1.73. The van der Waals surface area contributed by atoms with Gasteiger partial charge in [0.15, 0.2) is 0 Å². The molecule has 1 N–H and O–H groups in total. The van der Waals surface area contributed by atoms with Gasteiger partial charge in [-0.15, -0.1) is 0 Å². The minimum Gasteiger partial charge on any atom is -0.332 e. The number of fused-ring (bicyclic) bond motifs is 1. The zero-order valence-corrected chi connectivity index (χ0v) is 26.0. The number of likely N-dealkylation sites (tertiary alicyclic amines) is 1. The Morgan fingerprint density at radius 2 is 1.47 bits per heavy atom. The first-order valence-electron chi connectivity index (χ1n) is 16.2. The van der Waals surface area contributed by atoms with Crippen molar-refractivity contribution in [3.05, 3.63) is 107 Å². The SMILES string of the molecule is O=C1CCC(N2Cc3c(C(=O)N4CCC(N5CCN(C(c6ccccc6)c6ccccc6)CC5)C(F)(F)C4)cccc3C2=O)C(=O)N1. The van der Waals surface area contributed by atoms with E-state index in [-0.39, 0.29) is 55.4 Å². The smallest absolute Gasteiger partial charge is 0.280 e. The minimum absolute atomic E-state index is 0.00640. The summed E-state index contributed by atoms with van der Waals surface area (Å²) in [6, 6.07) is 23.4. The molecule has 0 aromatic heterocycles. The van der Waals surface area contributed by atoms with Gasteiger partial charge in [0.25, 0.3) is 17.7 Å². The van der Waals surface area contributed by atoms with Crippen LogP contribution in [0.2, 0.25) is 0 Å². The van der Waals surface area contributed by atoms with Crippen LogP contribution < -0.4 is 5.32 Å². The summed E-state index contributed by atoms with van der Waals surface area (Å²) in [4.78, 5) is 57.9. The van der Waals surface area contributed by atoms with Crippen molar-refractivity contribution < 1.29 is 28.0 Å². The highest BCUT2D eigenvalue weighted by Gasteiger charge is 2.50. The van der Waals surface area contributed by atoms with E-state index >= 15 is 8.78 Å². The molecule has 7 rings (SSSR count). The Morgan fingerprint density at radius 3 is 2.09 bits per heavy atom. The van der Waals surface area contributed by atoms with Gasteiger partial charge in [-0.05, 0) is 41.7 Å². The summed E-state index contributed by atoms with van der Waals surface area (Å²) >= 11 is 0. The van der Waals surface area contributed by atoms with E-state index in [2.05, 4.69) is 34.5 Å². The maximum Gasteiger partial charge on any atom is 0.280 e. The van der Waals surface area contributed by atoms with Crippen molar-refractivity contribution in [3.8, 4) is 0 Å². The fraction of sp³-hybridized carbons (Fsp3) is 0.389. The lowest BCUT2D eigenvalue weighted by molar-refractivity contribution is -0.136. The van der Waals surface area contributed by atoms with Gasteiger partial charge in [-0.25, -0.2) is 8.78 Å². The highest BCUT2D eigenvalue weighted by atomic mass is 19.3. The fourth-order valence-electron chi connectivity index (χ4n) is 7.70. The summed E-state index contributed by atoms with van der Waals surface area (Å²) in [5.74, 6) is -5.01. The second-order valence-corrected chi connectivity index (χ2v) is 12.8. The van der Waals surface area contributed by atoms with E-state index in [1.54, 1.807) is 18.2 Å². The number of hydrogen-bond donors (Lipinski definition) is 1. The molecule has 3 aromatic carbocycles. The van der Waals surface area contributed by atoms with E-state index in [4.69, 9.17) is 0 Å². The van der Waals surface area contributed by atoms with Gasteiger partial charge in [0.1, 0.15) is 6.04 Å². The average Bonchev–Trinajstić information content (AvgIpc) is 3.41. The van der Waals surface area contributed by atoms with E-state index in [0.717, 1.165) is 0 Å². The van der Waals surface area contributed by atoms with Crippen molar-refractivity contribution in [1.29, 1.82) is 0 Å². The Kier molecular flexibility index (Phi) is 8.36. The molecule has 4 heterocycles. The van der Waals surface area contributed by atoms with Gasteiger partial charge in [0.2, 0.25) is 11.8 Å². The molecule has 11 heteroatoms. The first-order valence-corrected chi connectivity index (χ1v) is 16.2. The number of nitrogens with one attached hydrogen (secondary N) is 1. The number of piperazine rings is 1. The molecule has 2 atom stereocenters. The molecule has 0 bridgehead atoms. The molecule has 9 nitrogen and oxygen atoms in total. The molecular formula is C36H37F2N5O4. The van der Waals surface area contributed by atoms with E-state index in [0.29, 0.717) is 31.7 Å². The quantitative estimate of drug-likeness (QED) is 0.413. The van der Waals surface area contributed by atoms with Crippen molar-refractivity contribution in [1.82, 2.24) is 24.9 Å². The van der Waals surface area contributed by atoms with Crippen LogP contribution >= 0.6 is 0 Å². The molecule has 2 unspecified atom stereocenters. The largest absolute Gasteiger partial charge is 0.332 e. The van der Waals surface area contributed by atoms with Crippen LogP contribution in [0.5, 0.6) is 0 Å². The maximum absolute atomic E-state index is 15.9. The third kappa shape index (κ3) is 5.94. The molecule has 0 radical (unpaired) electrons. The van der Waals surface area contributed by atoms with Gasteiger partial charge in [-0.2, -0.15) is 0 Å². The van der Waals surface area contributed by atoms with Gasteiger partial charge < -0.3 is 9.80 Å². The Hall–Kier alpha value is -4.48. The number of halogens is 2. The molecule has 0 spiro atoms. The molecular weight excluding hydrogens is 604 g/mol. The Labute approximate surface area is 272 Å². The van der Waals surface area contributed by atoms with Crippen molar-refractivity contribution in [2.24, 2.45) is 0 Å². The highest BCUT2D eigenvalue weighted by molar-refractivity contribution is 6.07. The van der Waals surface area contributed by atoms with Crippen molar-refractivity contribution in [2.45, 2.75) is 49.9 Å². The molecule has 0 aliphatic carbocycles. The number of nitrogens with zero attached hydrogens (tertiary/aromatic N) is 4. The molecule has 47 heavy (non-hydrogen) atoms. The number of amides is 4. The molecule has 3 saturated heterocycles. The molecule has 4 aliphatic rings. The lowest BCUT2D eigenvalue weighted by Gasteiger charge is -2.47. The molecule has 0 saturated carbocycles. The molecule has 4 aliphatic heterocycles. The molecule has 244 valence electrons. The van der Waals surface area contributed by atoms with Crippen LogP contribution in [0, 0.1) is 0 Å². The number of hydrogen-bond acceptors (Lipinski definition) is 6. The fourth-order valence-corrected chi connectivity index (χ4v) is 7.70. The number of carbonyl (C=O) groups is 4. The van der Waals surface area contributed by atoms with Crippen molar-refractivity contribution in [2.75, 3.05) is 39.3 Å². The van der Waals surface area contributed by atoms with Crippen LogP contribution in [0.1, 0.15) is 62.7 Å². The lowest BCUT2D eigenvalue weighted by Crippen LogP contribution is -2.62. The van der Waals surface area contributed by atoms with Crippen molar-refractivity contribution in [3.63, 3.8) is 0 Å². The number of piperidine rings is 2. The van der Waals surface area contributed by atoms with Crippen LogP contribution in [0.3, 0.4) is 0 Å². The van der Waals surface area contributed by atoms with Gasteiger partial charge in [-0.1, -0.05) is 66.7 Å². The number of rotatable bonds is 6. The van der Waals surface area contributed by atoms with E-state index in [9.17, 15) is 19.2 Å². The Balaban J connectivity index is 1.02. The monoisotopic (exact) mass is 641 g/mol. The van der Waals surface area contributed by atoms with Crippen molar-refractivity contribution >= 4 is 23.6 Å². The predicted octanol–water partition coefficient (Wildman–Crippen LogP) is 3.70. The lowest BCUT2D eigenvalue weighted by atomic mass is 9.94. The zero-order chi connectivity index (χ0) is 32.7. The Morgan fingerprint density at radius 1 is 0.809 bits per heavy atom. The van der Waals surface area contributed by atoms with Crippen LogP contribution in [0.4, 0.5) is 8.78 Å². The number of alkyl halides is 2. The third-order valence-corrected chi connectivity index (χ3v) is 10.0. The first kappa shape index (κ1) is 31.1. The topological polar surface area (TPSA) is 93.3 Å². The average molecular weight is 642 g/mol. The normalized spacial score (nSPS) is 23.6.